The maximum atomic E-state index is 6.67. The molecule has 2 nitrogen and oxygen atoms in total. The first-order valence-electron chi connectivity index (χ1n) is 17.7. The van der Waals surface area contributed by atoms with Gasteiger partial charge in [0.2, 0.25) is 0 Å². The molecule has 51 heavy (non-hydrogen) atoms. The molecule has 0 atom stereocenters. The summed E-state index contributed by atoms with van der Waals surface area (Å²) < 4.78 is 6.67. The molecule has 1 aliphatic rings. The third kappa shape index (κ3) is 4.64. The van der Waals surface area contributed by atoms with Crippen molar-refractivity contribution in [3.63, 3.8) is 0 Å². The third-order valence-electron chi connectivity index (χ3n) is 10.9. The van der Waals surface area contributed by atoms with Crippen LogP contribution in [0.1, 0.15) is 25.0 Å². The van der Waals surface area contributed by atoms with E-state index in [0.717, 1.165) is 44.4 Å². The van der Waals surface area contributed by atoms with Gasteiger partial charge in [0.25, 0.3) is 0 Å². The van der Waals surface area contributed by atoms with Crippen molar-refractivity contribution in [3.8, 4) is 33.4 Å². The van der Waals surface area contributed by atoms with E-state index in [4.69, 9.17) is 4.42 Å². The highest BCUT2D eigenvalue weighted by atomic mass is 16.3. The fourth-order valence-electron chi connectivity index (χ4n) is 8.29. The van der Waals surface area contributed by atoms with Crippen LogP contribution in [0.15, 0.2) is 180 Å². The molecule has 8 aromatic carbocycles. The molecule has 0 saturated carbocycles. The molecule has 1 aromatic heterocycles. The molecule has 9 aromatic rings. The molecule has 2 heteroatoms. The predicted molar refractivity (Wildman–Crippen MR) is 214 cm³/mol. The van der Waals surface area contributed by atoms with Gasteiger partial charge in [-0.3, -0.25) is 0 Å². The van der Waals surface area contributed by atoms with E-state index in [1.165, 1.54) is 49.9 Å². The summed E-state index contributed by atoms with van der Waals surface area (Å²) >= 11 is 0. The number of nitrogens with zero attached hydrogens (tertiary/aromatic N) is 1. The van der Waals surface area contributed by atoms with Crippen molar-refractivity contribution in [3.05, 3.63) is 187 Å². The van der Waals surface area contributed by atoms with Gasteiger partial charge >= 0.3 is 0 Å². The van der Waals surface area contributed by atoms with E-state index in [1.807, 2.05) is 0 Å². The SMILES string of the molecule is CC1(C)c2ccccc2-c2ccc(N(c3ccc(-c4ccccc4)cc3)c3ccc4oc5c6ccccc6c(-c6ccccc6)cc5c4c3)cc21. The quantitative estimate of drug-likeness (QED) is 0.184. The van der Waals surface area contributed by atoms with E-state index < -0.39 is 0 Å². The second kappa shape index (κ2) is 11.3. The lowest BCUT2D eigenvalue weighted by Gasteiger charge is -2.28. The summed E-state index contributed by atoms with van der Waals surface area (Å²) in [6, 6.07) is 63.6. The van der Waals surface area contributed by atoms with Gasteiger partial charge in [0.1, 0.15) is 11.2 Å². The zero-order chi connectivity index (χ0) is 34.1. The van der Waals surface area contributed by atoms with Crippen molar-refractivity contribution in [1.82, 2.24) is 0 Å². The lowest BCUT2D eigenvalue weighted by atomic mass is 9.82. The summed E-state index contributed by atoms with van der Waals surface area (Å²) in [7, 11) is 0. The summed E-state index contributed by atoms with van der Waals surface area (Å²) in [4.78, 5) is 2.39. The van der Waals surface area contributed by atoms with Crippen LogP contribution in [0.4, 0.5) is 17.1 Å². The molecular formula is C49H35NO. The van der Waals surface area contributed by atoms with Crippen molar-refractivity contribution in [2.75, 3.05) is 4.90 Å². The van der Waals surface area contributed by atoms with Crippen LogP contribution in [0.2, 0.25) is 0 Å². The van der Waals surface area contributed by atoms with Gasteiger partial charge in [-0.1, -0.05) is 141 Å². The number of anilines is 3. The molecule has 1 heterocycles. The second-order valence-corrected chi connectivity index (χ2v) is 14.1. The van der Waals surface area contributed by atoms with Crippen LogP contribution in [0.3, 0.4) is 0 Å². The zero-order valence-corrected chi connectivity index (χ0v) is 28.6. The Bertz CT molecular complexity index is 2760. The fourth-order valence-corrected chi connectivity index (χ4v) is 8.29. The maximum Gasteiger partial charge on any atom is 0.143 e. The van der Waals surface area contributed by atoms with Crippen LogP contribution in [0.25, 0.3) is 66.1 Å². The molecule has 0 bridgehead atoms. The standard InChI is InChI=1S/C49H35NO/c1-49(2)45-20-12-11-18-39(45)40-27-25-37(30-46(40)49)50(35-23-21-33(22-24-35)32-13-5-3-6-14-32)36-26-28-47-43(29-36)44-31-42(34-15-7-4-8-16-34)38-17-9-10-19-41(38)48(44)51-47/h3-31H,1-2H3. The van der Waals surface area contributed by atoms with E-state index >= 15 is 0 Å². The monoisotopic (exact) mass is 653 g/mol. The van der Waals surface area contributed by atoms with Crippen molar-refractivity contribution >= 4 is 49.8 Å². The molecule has 0 N–H and O–H groups in total. The Morgan fingerprint density at radius 1 is 0.392 bits per heavy atom. The Labute approximate surface area is 297 Å². The Morgan fingerprint density at radius 2 is 0.980 bits per heavy atom. The molecule has 0 unspecified atom stereocenters. The average molecular weight is 654 g/mol. The minimum absolute atomic E-state index is 0.107. The lowest BCUT2D eigenvalue weighted by molar-refractivity contribution is 0.660. The first-order valence-corrected chi connectivity index (χ1v) is 17.7. The summed E-state index contributed by atoms with van der Waals surface area (Å²) in [6.45, 7) is 4.69. The number of hydrogen-bond donors (Lipinski definition) is 0. The van der Waals surface area contributed by atoms with Crippen LogP contribution >= 0.6 is 0 Å². The third-order valence-corrected chi connectivity index (χ3v) is 10.9. The van der Waals surface area contributed by atoms with Crippen molar-refractivity contribution in [2.45, 2.75) is 19.3 Å². The molecule has 1 aliphatic carbocycles. The Hall–Kier alpha value is -6.38. The topological polar surface area (TPSA) is 16.4 Å². The van der Waals surface area contributed by atoms with Gasteiger partial charge in [-0.2, -0.15) is 0 Å². The van der Waals surface area contributed by atoms with Gasteiger partial charge in [0.05, 0.1) is 0 Å². The Morgan fingerprint density at radius 3 is 1.76 bits per heavy atom. The highest BCUT2D eigenvalue weighted by Gasteiger charge is 2.35. The molecular weight excluding hydrogens is 619 g/mol. The largest absolute Gasteiger partial charge is 0.455 e. The highest BCUT2D eigenvalue weighted by molar-refractivity contribution is 6.19. The van der Waals surface area contributed by atoms with Gasteiger partial charge in [-0.05, 0) is 98.4 Å². The molecule has 0 radical (unpaired) electrons. The van der Waals surface area contributed by atoms with E-state index in [-0.39, 0.29) is 5.41 Å². The number of rotatable bonds is 5. The molecule has 0 fully saturated rings. The van der Waals surface area contributed by atoms with Crippen molar-refractivity contribution in [2.24, 2.45) is 0 Å². The average Bonchev–Trinajstić information content (AvgIpc) is 3.67. The normalized spacial score (nSPS) is 13.1. The van der Waals surface area contributed by atoms with Gasteiger partial charge in [0.15, 0.2) is 0 Å². The van der Waals surface area contributed by atoms with Crippen LogP contribution in [-0.4, -0.2) is 0 Å². The molecule has 0 amide bonds. The molecule has 0 saturated heterocycles. The highest BCUT2D eigenvalue weighted by Crippen LogP contribution is 2.51. The maximum absolute atomic E-state index is 6.67. The summed E-state index contributed by atoms with van der Waals surface area (Å²) in [5.41, 5.74) is 15.2. The minimum atomic E-state index is -0.107. The van der Waals surface area contributed by atoms with Crippen molar-refractivity contribution in [1.29, 1.82) is 0 Å². The van der Waals surface area contributed by atoms with E-state index in [9.17, 15) is 0 Å². The van der Waals surface area contributed by atoms with Gasteiger partial charge < -0.3 is 9.32 Å². The number of hydrogen-bond acceptors (Lipinski definition) is 2. The van der Waals surface area contributed by atoms with Gasteiger partial charge in [-0.15, -0.1) is 0 Å². The van der Waals surface area contributed by atoms with E-state index in [2.05, 4.69) is 195 Å². The summed E-state index contributed by atoms with van der Waals surface area (Å²) in [6.07, 6.45) is 0. The number of furan rings is 1. The fraction of sp³-hybridized carbons (Fsp3) is 0.0612. The molecule has 0 aliphatic heterocycles. The Kier molecular flexibility index (Phi) is 6.56. The first-order chi connectivity index (χ1) is 25.0. The summed E-state index contributed by atoms with van der Waals surface area (Å²) in [5.74, 6) is 0. The van der Waals surface area contributed by atoms with Crippen LogP contribution in [0.5, 0.6) is 0 Å². The lowest BCUT2D eigenvalue weighted by Crippen LogP contribution is -2.16. The Balaban J connectivity index is 1.18. The van der Waals surface area contributed by atoms with Crippen LogP contribution in [0, 0.1) is 0 Å². The number of fused-ring (bicyclic) bond motifs is 8. The smallest absolute Gasteiger partial charge is 0.143 e. The first kappa shape index (κ1) is 29.5. The zero-order valence-electron chi connectivity index (χ0n) is 28.6. The van der Waals surface area contributed by atoms with Crippen molar-refractivity contribution < 1.29 is 4.42 Å². The van der Waals surface area contributed by atoms with Crippen LogP contribution in [-0.2, 0) is 5.41 Å². The second-order valence-electron chi connectivity index (χ2n) is 14.1. The van der Waals surface area contributed by atoms with Gasteiger partial charge in [-0.25, -0.2) is 0 Å². The van der Waals surface area contributed by atoms with Crippen LogP contribution < -0.4 is 4.90 Å². The molecule has 0 spiro atoms. The number of benzene rings is 8. The van der Waals surface area contributed by atoms with Gasteiger partial charge in [0, 0.05) is 38.6 Å². The minimum Gasteiger partial charge on any atom is -0.455 e. The summed E-state index contributed by atoms with van der Waals surface area (Å²) in [5, 5.41) is 4.54. The van der Waals surface area contributed by atoms with E-state index in [0.29, 0.717) is 0 Å². The predicted octanol–water partition coefficient (Wildman–Crippen LogP) is 13.8. The molecule has 10 rings (SSSR count). The molecule has 242 valence electrons. The van der Waals surface area contributed by atoms with E-state index in [1.54, 1.807) is 0 Å².